The molecule has 0 spiro atoms. The van der Waals surface area contributed by atoms with Crippen LogP contribution in [0.4, 0.5) is 0 Å². The van der Waals surface area contributed by atoms with E-state index >= 15 is 0 Å². The van der Waals surface area contributed by atoms with Crippen molar-refractivity contribution in [3.8, 4) is 0 Å². The van der Waals surface area contributed by atoms with Crippen LogP contribution in [0.3, 0.4) is 0 Å². The SMILES string of the molecule is C[C@@H]1SC2=NC3=C(CCc4ccccc43)[C@@H](c3ccc(Cl)cc3)N2C1=O. The number of benzene rings is 2. The number of nitrogens with zero attached hydrogens (tertiary/aromatic N) is 2. The van der Waals surface area contributed by atoms with Crippen LogP contribution in [-0.4, -0.2) is 21.2 Å². The fourth-order valence-corrected chi connectivity index (χ4v) is 5.16. The number of hydrogen-bond acceptors (Lipinski definition) is 3. The number of aliphatic imine (C=N–C) groups is 1. The van der Waals surface area contributed by atoms with Gasteiger partial charge in [-0.1, -0.05) is 59.8 Å². The number of carbonyl (C=O) groups is 1. The van der Waals surface area contributed by atoms with Gasteiger partial charge in [-0.15, -0.1) is 0 Å². The lowest BCUT2D eigenvalue weighted by Gasteiger charge is -2.37. The number of carbonyl (C=O) groups excluding carboxylic acids is 1. The predicted molar refractivity (Wildman–Crippen MR) is 107 cm³/mol. The summed E-state index contributed by atoms with van der Waals surface area (Å²) < 4.78 is 0. The molecule has 2 heterocycles. The molecule has 130 valence electrons. The molecule has 26 heavy (non-hydrogen) atoms. The second kappa shape index (κ2) is 6.00. The molecule has 1 amide bonds. The van der Waals surface area contributed by atoms with E-state index in [1.807, 2.05) is 36.1 Å². The van der Waals surface area contributed by atoms with Crippen LogP contribution >= 0.6 is 23.4 Å². The molecule has 2 aromatic carbocycles. The van der Waals surface area contributed by atoms with E-state index in [2.05, 4.69) is 24.3 Å². The van der Waals surface area contributed by atoms with Gasteiger partial charge in [-0.25, -0.2) is 4.99 Å². The summed E-state index contributed by atoms with van der Waals surface area (Å²) in [7, 11) is 0. The van der Waals surface area contributed by atoms with Gasteiger partial charge in [0.15, 0.2) is 5.17 Å². The van der Waals surface area contributed by atoms with E-state index in [0.29, 0.717) is 5.02 Å². The highest BCUT2D eigenvalue weighted by Gasteiger charge is 2.45. The molecule has 2 aliphatic heterocycles. The molecule has 5 heteroatoms. The Kier molecular flexibility index (Phi) is 3.73. The van der Waals surface area contributed by atoms with Crippen LogP contribution < -0.4 is 0 Å². The van der Waals surface area contributed by atoms with E-state index in [-0.39, 0.29) is 17.2 Å². The molecule has 0 radical (unpaired) electrons. The van der Waals surface area contributed by atoms with Crippen molar-refractivity contribution in [2.45, 2.75) is 31.1 Å². The Morgan fingerprint density at radius 2 is 1.88 bits per heavy atom. The van der Waals surface area contributed by atoms with Crippen LogP contribution in [0.15, 0.2) is 59.1 Å². The molecule has 3 aliphatic rings. The van der Waals surface area contributed by atoms with Crippen molar-refractivity contribution < 1.29 is 4.79 Å². The average molecular weight is 381 g/mol. The highest BCUT2D eigenvalue weighted by atomic mass is 35.5. The van der Waals surface area contributed by atoms with Gasteiger partial charge in [0, 0.05) is 10.6 Å². The minimum absolute atomic E-state index is 0.0897. The minimum Gasteiger partial charge on any atom is -0.279 e. The van der Waals surface area contributed by atoms with Gasteiger partial charge in [-0.3, -0.25) is 9.69 Å². The third-order valence-corrected chi connectivity index (χ3v) is 6.60. The predicted octanol–water partition coefficient (Wildman–Crippen LogP) is 5.07. The Hall–Kier alpha value is -2.04. The van der Waals surface area contributed by atoms with Crippen LogP contribution in [-0.2, 0) is 11.2 Å². The molecule has 0 bridgehead atoms. The quantitative estimate of drug-likeness (QED) is 0.691. The maximum Gasteiger partial charge on any atom is 0.242 e. The van der Waals surface area contributed by atoms with Gasteiger partial charge in [0.1, 0.15) is 0 Å². The molecule has 3 nitrogen and oxygen atoms in total. The zero-order valence-corrected chi connectivity index (χ0v) is 15.8. The topological polar surface area (TPSA) is 32.7 Å². The first-order valence-electron chi connectivity index (χ1n) is 8.78. The van der Waals surface area contributed by atoms with E-state index < -0.39 is 0 Å². The summed E-state index contributed by atoms with van der Waals surface area (Å²) in [5.41, 5.74) is 5.91. The molecule has 2 atom stereocenters. The van der Waals surface area contributed by atoms with Crippen molar-refractivity contribution >= 4 is 40.1 Å². The monoisotopic (exact) mass is 380 g/mol. The molecule has 1 aliphatic carbocycles. The Bertz CT molecular complexity index is 980. The summed E-state index contributed by atoms with van der Waals surface area (Å²) in [5.74, 6) is 0.138. The van der Waals surface area contributed by atoms with Gasteiger partial charge in [0.05, 0.1) is 17.0 Å². The highest BCUT2D eigenvalue weighted by molar-refractivity contribution is 8.15. The van der Waals surface area contributed by atoms with Gasteiger partial charge < -0.3 is 0 Å². The summed E-state index contributed by atoms with van der Waals surface area (Å²) in [4.78, 5) is 19.7. The number of halogens is 1. The van der Waals surface area contributed by atoms with Crippen molar-refractivity contribution in [2.75, 3.05) is 0 Å². The fourth-order valence-electron chi connectivity index (χ4n) is 4.05. The van der Waals surface area contributed by atoms with Gasteiger partial charge in [-0.05, 0) is 48.6 Å². The third-order valence-electron chi connectivity index (χ3n) is 5.30. The normalized spacial score (nSPS) is 24.2. The largest absolute Gasteiger partial charge is 0.279 e. The Labute approximate surface area is 161 Å². The van der Waals surface area contributed by atoms with Gasteiger partial charge in [0.25, 0.3) is 0 Å². The molecule has 0 unspecified atom stereocenters. The number of amidine groups is 1. The average Bonchev–Trinajstić information content (AvgIpc) is 2.94. The molecule has 1 fully saturated rings. The van der Waals surface area contributed by atoms with Gasteiger partial charge >= 0.3 is 0 Å². The fraction of sp³-hybridized carbons (Fsp3) is 0.238. The van der Waals surface area contributed by atoms with Gasteiger partial charge in [-0.2, -0.15) is 0 Å². The van der Waals surface area contributed by atoms with E-state index in [9.17, 15) is 4.79 Å². The third kappa shape index (κ3) is 2.36. The summed E-state index contributed by atoms with van der Waals surface area (Å²) in [6, 6.07) is 16.2. The molecule has 2 aromatic rings. The van der Waals surface area contributed by atoms with E-state index in [4.69, 9.17) is 16.6 Å². The molecule has 0 saturated carbocycles. The zero-order chi connectivity index (χ0) is 17.8. The number of fused-ring (bicyclic) bond motifs is 3. The van der Waals surface area contributed by atoms with Crippen molar-refractivity contribution in [3.05, 3.63) is 75.8 Å². The highest BCUT2D eigenvalue weighted by Crippen LogP contribution is 2.48. The van der Waals surface area contributed by atoms with Crippen LogP contribution in [0.1, 0.15) is 36.1 Å². The summed E-state index contributed by atoms with van der Waals surface area (Å²) in [5, 5.41) is 1.43. The molecule has 5 rings (SSSR count). The lowest BCUT2D eigenvalue weighted by atomic mass is 9.82. The Morgan fingerprint density at radius 1 is 1.12 bits per heavy atom. The first kappa shape index (κ1) is 16.2. The molecule has 0 aromatic heterocycles. The first-order chi connectivity index (χ1) is 12.6. The molecule has 0 N–H and O–H groups in total. The molecule has 1 saturated heterocycles. The molecular weight excluding hydrogens is 364 g/mol. The number of rotatable bonds is 1. The van der Waals surface area contributed by atoms with Crippen LogP contribution in [0.5, 0.6) is 0 Å². The Balaban J connectivity index is 1.73. The summed E-state index contributed by atoms with van der Waals surface area (Å²) in [6.07, 6.45) is 1.90. The van der Waals surface area contributed by atoms with Crippen LogP contribution in [0.2, 0.25) is 5.02 Å². The smallest absolute Gasteiger partial charge is 0.242 e. The molecular formula is C21H17ClN2OS. The van der Waals surface area contributed by atoms with Gasteiger partial charge in [0.2, 0.25) is 5.91 Å². The maximum atomic E-state index is 12.9. The Morgan fingerprint density at radius 3 is 2.69 bits per heavy atom. The lowest BCUT2D eigenvalue weighted by molar-refractivity contribution is -0.127. The van der Waals surface area contributed by atoms with Crippen molar-refractivity contribution in [1.82, 2.24) is 4.90 Å². The standard InChI is InChI=1S/C21H17ClN2OS/c1-12-20(25)24-19(14-6-9-15(22)10-7-14)17-11-8-13-4-2-3-5-16(13)18(17)23-21(24)26-12/h2-7,9-10,12,19H,8,11H2,1H3/t12-,19+/m0/s1. The van der Waals surface area contributed by atoms with E-state index in [0.717, 1.165) is 29.3 Å². The number of aryl methyl sites for hydroxylation is 1. The number of amides is 1. The number of thioether (sulfide) groups is 1. The number of hydrogen-bond donors (Lipinski definition) is 0. The summed E-state index contributed by atoms with van der Waals surface area (Å²) in [6.45, 7) is 1.96. The van der Waals surface area contributed by atoms with E-state index in [1.165, 1.54) is 16.7 Å². The zero-order valence-electron chi connectivity index (χ0n) is 14.3. The second-order valence-electron chi connectivity index (χ2n) is 6.85. The van der Waals surface area contributed by atoms with Crippen LogP contribution in [0, 0.1) is 0 Å². The van der Waals surface area contributed by atoms with Crippen molar-refractivity contribution in [3.63, 3.8) is 0 Å². The van der Waals surface area contributed by atoms with Crippen molar-refractivity contribution in [1.29, 1.82) is 0 Å². The minimum atomic E-state index is -0.0971. The second-order valence-corrected chi connectivity index (χ2v) is 8.59. The van der Waals surface area contributed by atoms with Crippen LogP contribution in [0.25, 0.3) is 5.70 Å². The summed E-state index contributed by atoms with van der Waals surface area (Å²) >= 11 is 7.65. The first-order valence-corrected chi connectivity index (χ1v) is 10.0. The lowest BCUT2D eigenvalue weighted by Crippen LogP contribution is -2.39. The maximum absolute atomic E-state index is 12.9. The van der Waals surface area contributed by atoms with Crippen molar-refractivity contribution in [2.24, 2.45) is 4.99 Å². The van der Waals surface area contributed by atoms with E-state index in [1.54, 1.807) is 11.8 Å².